The number of unbranched alkanes of at least 4 members (excludes halogenated alkanes) is 1. The van der Waals surface area contributed by atoms with E-state index in [1.807, 2.05) is 38.1 Å². The van der Waals surface area contributed by atoms with Crippen molar-refractivity contribution < 1.29 is 13.2 Å². The van der Waals surface area contributed by atoms with Gasteiger partial charge in [-0.1, -0.05) is 44.5 Å². The largest absolute Gasteiger partial charge is 0.353 e. The maximum Gasteiger partial charge on any atom is 0.219 e. The molecule has 1 aliphatic carbocycles. The zero-order valence-electron chi connectivity index (χ0n) is 14.8. The van der Waals surface area contributed by atoms with E-state index in [0.29, 0.717) is 24.2 Å². The van der Waals surface area contributed by atoms with Gasteiger partial charge in [0.25, 0.3) is 0 Å². The summed E-state index contributed by atoms with van der Waals surface area (Å²) in [7, 11) is -3.31. The molecule has 5 heteroatoms. The quantitative estimate of drug-likeness (QED) is 0.860. The molecule has 1 amide bonds. The van der Waals surface area contributed by atoms with E-state index in [2.05, 4.69) is 5.32 Å². The van der Waals surface area contributed by atoms with Gasteiger partial charge in [-0.3, -0.25) is 4.79 Å². The molecule has 0 radical (unpaired) electrons. The first-order valence-electron chi connectivity index (χ1n) is 9.02. The van der Waals surface area contributed by atoms with E-state index in [4.69, 9.17) is 0 Å². The van der Waals surface area contributed by atoms with E-state index in [9.17, 15) is 13.2 Å². The zero-order valence-corrected chi connectivity index (χ0v) is 15.7. The van der Waals surface area contributed by atoms with Crippen LogP contribution in [0.25, 0.3) is 10.8 Å². The second-order valence-corrected chi connectivity index (χ2v) is 8.83. The highest BCUT2D eigenvalue weighted by atomic mass is 32.2. The van der Waals surface area contributed by atoms with Gasteiger partial charge in [-0.15, -0.1) is 0 Å². The maximum atomic E-state index is 12.8. The first-order chi connectivity index (χ1) is 12.0. The fourth-order valence-electron chi connectivity index (χ4n) is 3.64. The summed E-state index contributed by atoms with van der Waals surface area (Å²) in [6.07, 6.45) is 3.26. The summed E-state index contributed by atoms with van der Waals surface area (Å²) in [6, 6.07) is 9.67. The van der Waals surface area contributed by atoms with Crippen molar-refractivity contribution >= 4 is 26.5 Å². The standard InChI is InChI=1S/C20H25NO3S/c1-3-5-11-25(23,24)18-10-9-14-7-6-8-15-12-16(21-19(22)4-2)13-17(18)20(14)15/h6-10,16H,3-5,11-13H2,1-2H3,(H,21,22). The third-order valence-electron chi connectivity index (χ3n) is 4.90. The SMILES string of the molecule is CCCCS(=O)(=O)c1ccc2cccc3c2c1CC(NC(=O)CC)C3. The van der Waals surface area contributed by atoms with Crippen molar-refractivity contribution in [3.05, 3.63) is 41.5 Å². The molecule has 0 aliphatic heterocycles. The van der Waals surface area contributed by atoms with Crippen LogP contribution >= 0.6 is 0 Å². The Morgan fingerprint density at radius 3 is 2.68 bits per heavy atom. The van der Waals surface area contributed by atoms with E-state index >= 15 is 0 Å². The lowest BCUT2D eigenvalue weighted by molar-refractivity contribution is -0.121. The Labute approximate surface area is 149 Å². The molecule has 3 rings (SSSR count). The predicted octanol–water partition coefficient (Wildman–Crippen LogP) is 3.41. The van der Waals surface area contributed by atoms with Crippen LogP contribution < -0.4 is 5.32 Å². The number of hydrogen-bond donors (Lipinski definition) is 1. The Morgan fingerprint density at radius 1 is 1.16 bits per heavy atom. The van der Waals surface area contributed by atoms with Gasteiger partial charge in [0.2, 0.25) is 5.91 Å². The highest BCUT2D eigenvalue weighted by Crippen LogP contribution is 2.34. The molecule has 0 aromatic heterocycles. The minimum Gasteiger partial charge on any atom is -0.353 e. The Balaban J connectivity index is 2.10. The molecule has 1 unspecified atom stereocenters. The van der Waals surface area contributed by atoms with Crippen LogP contribution in [0.5, 0.6) is 0 Å². The van der Waals surface area contributed by atoms with Crippen molar-refractivity contribution in [2.75, 3.05) is 5.75 Å². The molecule has 1 aliphatic rings. The zero-order chi connectivity index (χ0) is 18.0. The molecule has 2 aromatic rings. The summed E-state index contributed by atoms with van der Waals surface area (Å²) in [5, 5.41) is 5.17. The normalized spacial score (nSPS) is 16.8. The molecule has 4 nitrogen and oxygen atoms in total. The van der Waals surface area contributed by atoms with Crippen molar-refractivity contribution in [1.82, 2.24) is 5.32 Å². The van der Waals surface area contributed by atoms with Crippen LogP contribution in [0.3, 0.4) is 0 Å². The smallest absolute Gasteiger partial charge is 0.219 e. The van der Waals surface area contributed by atoms with Gasteiger partial charge >= 0.3 is 0 Å². The highest BCUT2D eigenvalue weighted by molar-refractivity contribution is 7.91. The second-order valence-electron chi connectivity index (χ2n) is 6.76. The van der Waals surface area contributed by atoms with Crippen LogP contribution in [-0.4, -0.2) is 26.1 Å². The summed E-state index contributed by atoms with van der Waals surface area (Å²) < 4.78 is 25.7. The molecule has 0 bridgehead atoms. The van der Waals surface area contributed by atoms with Crippen LogP contribution in [0, 0.1) is 0 Å². The van der Waals surface area contributed by atoms with E-state index in [1.54, 1.807) is 6.07 Å². The maximum absolute atomic E-state index is 12.8. The first kappa shape index (κ1) is 17.9. The molecular weight excluding hydrogens is 334 g/mol. The summed E-state index contributed by atoms with van der Waals surface area (Å²) in [4.78, 5) is 12.3. The van der Waals surface area contributed by atoms with Crippen LogP contribution in [0.2, 0.25) is 0 Å². The van der Waals surface area contributed by atoms with Crippen molar-refractivity contribution in [2.45, 2.75) is 56.9 Å². The molecule has 0 saturated carbocycles. The molecule has 0 saturated heterocycles. The summed E-state index contributed by atoms with van der Waals surface area (Å²) in [5.41, 5.74) is 1.99. The summed E-state index contributed by atoms with van der Waals surface area (Å²) in [6.45, 7) is 3.82. The highest BCUT2D eigenvalue weighted by Gasteiger charge is 2.28. The van der Waals surface area contributed by atoms with Crippen molar-refractivity contribution in [2.24, 2.45) is 0 Å². The molecule has 1 N–H and O–H groups in total. The molecule has 134 valence electrons. The Morgan fingerprint density at radius 2 is 1.96 bits per heavy atom. The van der Waals surface area contributed by atoms with E-state index < -0.39 is 9.84 Å². The molecule has 0 spiro atoms. The number of amides is 1. The van der Waals surface area contributed by atoms with Crippen LogP contribution in [0.4, 0.5) is 0 Å². The number of rotatable bonds is 6. The van der Waals surface area contributed by atoms with Crippen LogP contribution in [0.1, 0.15) is 44.2 Å². The average molecular weight is 359 g/mol. The lowest BCUT2D eigenvalue weighted by Crippen LogP contribution is -2.39. The molecule has 2 aromatic carbocycles. The minimum atomic E-state index is -3.31. The van der Waals surface area contributed by atoms with Crippen molar-refractivity contribution in [3.8, 4) is 0 Å². The Bertz CT molecular complexity index is 903. The lowest BCUT2D eigenvalue weighted by atomic mass is 9.85. The number of sulfone groups is 1. The van der Waals surface area contributed by atoms with Crippen LogP contribution in [-0.2, 0) is 27.5 Å². The lowest BCUT2D eigenvalue weighted by Gasteiger charge is -2.27. The fraction of sp³-hybridized carbons (Fsp3) is 0.450. The second kappa shape index (κ2) is 7.16. The average Bonchev–Trinajstić information content (AvgIpc) is 2.60. The van der Waals surface area contributed by atoms with Gasteiger partial charge in [0.05, 0.1) is 10.6 Å². The number of nitrogens with one attached hydrogen (secondary N) is 1. The third-order valence-corrected chi connectivity index (χ3v) is 6.78. The van der Waals surface area contributed by atoms with Gasteiger partial charge in [-0.2, -0.15) is 0 Å². The Kier molecular flexibility index (Phi) is 5.13. The number of benzene rings is 2. The molecular formula is C20H25NO3S. The van der Waals surface area contributed by atoms with Crippen molar-refractivity contribution in [3.63, 3.8) is 0 Å². The number of carbonyl (C=O) groups is 1. The van der Waals surface area contributed by atoms with Gasteiger partial charge in [0.15, 0.2) is 9.84 Å². The monoisotopic (exact) mass is 359 g/mol. The van der Waals surface area contributed by atoms with Gasteiger partial charge in [0.1, 0.15) is 0 Å². The molecule has 0 fully saturated rings. The summed E-state index contributed by atoms with van der Waals surface area (Å²) >= 11 is 0. The molecule has 25 heavy (non-hydrogen) atoms. The van der Waals surface area contributed by atoms with Crippen LogP contribution in [0.15, 0.2) is 35.2 Å². The number of hydrogen-bond acceptors (Lipinski definition) is 3. The van der Waals surface area contributed by atoms with Gasteiger partial charge in [-0.25, -0.2) is 8.42 Å². The minimum absolute atomic E-state index is 0.00643. The third kappa shape index (κ3) is 3.56. The Hall–Kier alpha value is -1.88. The fourth-order valence-corrected chi connectivity index (χ4v) is 5.37. The topological polar surface area (TPSA) is 63.2 Å². The van der Waals surface area contributed by atoms with E-state index in [1.165, 1.54) is 0 Å². The van der Waals surface area contributed by atoms with Gasteiger partial charge in [0, 0.05) is 12.5 Å². The van der Waals surface area contributed by atoms with Gasteiger partial charge < -0.3 is 5.32 Å². The summed E-state index contributed by atoms with van der Waals surface area (Å²) in [5.74, 6) is 0.183. The number of carbonyl (C=O) groups excluding carboxylic acids is 1. The first-order valence-corrected chi connectivity index (χ1v) is 10.7. The molecule has 0 heterocycles. The van der Waals surface area contributed by atoms with Crippen molar-refractivity contribution in [1.29, 1.82) is 0 Å². The van der Waals surface area contributed by atoms with E-state index in [0.717, 1.165) is 34.7 Å². The molecule has 1 atom stereocenters. The predicted molar refractivity (Wildman–Crippen MR) is 101 cm³/mol. The van der Waals surface area contributed by atoms with E-state index in [-0.39, 0.29) is 17.7 Å². The van der Waals surface area contributed by atoms with Gasteiger partial charge in [-0.05, 0) is 47.2 Å².